The molecule has 6 nitrogen and oxygen atoms in total. The van der Waals surface area contributed by atoms with Gasteiger partial charge in [0.15, 0.2) is 11.5 Å². The molecular formula is C14H16N2O4. The van der Waals surface area contributed by atoms with Crippen molar-refractivity contribution in [2.24, 2.45) is 0 Å². The van der Waals surface area contributed by atoms with Crippen LogP contribution in [0.5, 0.6) is 11.5 Å². The Kier molecular flexibility index (Phi) is 3.00. The molecule has 2 aliphatic rings. The van der Waals surface area contributed by atoms with Crippen molar-refractivity contribution < 1.29 is 19.1 Å². The second-order valence-electron chi connectivity index (χ2n) is 4.90. The Morgan fingerprint density at radius 1 is 1.30 bits per heavy atom. The van der Waals surface area contributed by atoms with Gasteiger partial charge in [0.25, 0.3) is 0 Å². The number of carbonyl (C=O) groups is 2. The Morgan fingerprint density at radius 2 is 2.05 bits per heavy atom. The molecule has 106 valence electrons. The third-order valence-electron chi connectivity index (χ3n) is 3.60. The minimum Gasteiger partial charge on any atom is -0.454 e. The van der Waals surface area contributed by atoms with Crippen molar-refractivity contribution in [1.82, 2.24) is 5.32 Å². The van der Waals surface area contributed by atoms with Gasteiger partial charge < -0.3 is 14.8 Å². The first-order valence-corrected chi connectivity index (χ1v) is 6.65. The van der Waals surface area contributed by atoms with E-state index in [9.17, 15) is 9.59 Å². The Morgan fingerprint density at radius 3 is 2.80 bits per heavy atom. The monoisotopic (exact) mass is 276 g/mol. The van der Waals surface area contributed by atoms with E-state index in [0.29, 0.717) is 23.6 Å². The van der Waals surface area contributed by atoms with Gasteiger partial charge >= 0.3 is 0 Å². The Labute approximate surface area is 116 Å². The van der Waals surface area contributed by atoms with Gasteiger partial charge in [0, 0.05) is 11.8 Å². The maximum atomic E-state index is 12.4. The lowest BCUT2D eigenvalue weighted by molar-refractivity contribution is -0.133. The topological polar surface area (TPSA) is 67.9 Å². The molecule has 1 aromatic rings. The van der Waals surface area contributed by atoms with Gasteiger partial charge in [-0.1, -0.05) is 6.92 Å². The van der Waals surface area contributed by atoms with Crippen molar-refractivity contribution in [3.05, 3.63) is 18.2 Å². The number of nitrogens with one attached hydrogen (secondary N) is 1. The fourth-order valence-corrected chi connectivity index (χ4v) is 2.56. The van der Waals surface area contributed by atoms with E-state index in [1.807, 2.05) is 6.92 Å². The van der Waals surface area contributed by atoms with Gasteiger partial charge in [0.05, 0.1) is 0 Å². The summed E-state index contributed by atoms with van der Waals surface area (Å²) in [6.07, 6.45) is 0.554. The number of carbonyl (C=O) groups excluding carboxylic acids is 2. The van der Waals surface area contributed by atoms with Crippen LogP contribution in [0.25, 0.3) is 0 Å². The lowest BCUT2D eigenvalue weighted by atomic mass is 10.0. The predicted octanol–water partition coefficient (Wildman–Crippen LogP) is 1.05. The van der Waals surface area contributed by atoms with Crippen LogP contribution in [0.15, 0.2) is 18.2 Å². The molecule has 2 aliphatic heterocycles. The molecule has 0 bridgehead atoms. The average molecular weight is 276 g/mol. The minimum absolute atomic E-state index is 0.115. The van der Waals surface area contributed by atoms with Crippen molar-refractivity contribution in [2.45, 2.75) is 32.4 Å². The molecule has 2 amide bonds. The zero-order valence-electron chi connectivity index (χ0n) is 11.4. The highest BCUT2D eigenvalue weighted by Gasteiger charge is 2.38. The van der Waals surface area contributed by atoms with Gasteiger partial charge in [-0.25, -0.2) is 0 Å². The van der Waals surface area contributed by atoms with Crippen molar-refractivity contribution in [3.8, 4) is 11.5 Å². The zero-order valence-corrected chi connectivity index (χ0v) is 11.4. The molecule has 3 rings (SSSR count). The van der Waals surface area contributed by atoms with E-state index in [-0.39, 0.29) is 18.6 Å². The third kappa shape index (κ3) is 1.88. The van der Waals surface area contributed by atoms with Crippen LogP contribution < -0.4 is 19.7 Å². The zero-order chi connectivity index (χ0) is 14.3. The van der Waals surface area contributed by atoms with E-state index in [0.717, 1.165) is 0 Å². The van der Waals surface area contributed by atoms with Crippen molar-refractivity contribution >= 4 is 17.5 Å². The summed E-state index contributed by atoms with van der Waals surface area (Å²) >= 11 is 0. The van der Waals surface area contributed by atoms with Gasteiger partial charge in [0.1, 0.15) is 12.1 Å². The molecule has 20 heavy (non-hydrogen) atoms. The van der Waals surface area contributed by atoms with E-state index >= 15 is 0 Å². The molecule has 0 radical (unpaired) electrons. The normalized spacial score (nSPS) is 24.8. The SMILES string of the molecule is CCC1C(=O)NC(C)C(=O)N1c1ccc2c(c1)OCO2. The molecule has 1 aromatic carbocycles. The van der Waals surface area contributed by atoms with E-state index in [1.54, 1.807) is 30.0 Å². The Hall–Kier alpha value is -2.24. The molecule has 6 heteroatoms. The molecule has 0 aromatic heterocycles. The minimum atomic E-state index is -0.518. The molecule has 1 fully saturated rings. The van der Waals surface area contributed by atoms with Crippen LogP contribution in [0.1, 0.15) is 20.3 Å². The summed E-state index contributed by atoms with van der Waals surface area (Å²) in [5, 5.41) is 2.70. The molecule has 2 unspecified atom stereocenters. The second kappa shape index (κ2) is 4.70. The quantitative estimate of drug-likeness (QED) is 0.876. The van der Waals surface area contributed by atoms with Crippen molar-refractivity contribution in [2.75, 3.05) is 11.7 Å². The van der Waals surface area contributed by atoms with Crippen molar-refractivity contribution in [1.29, 1.82) is 0 Å². The molecular weight excluding hydrogens is 260 g/mol. The number of ether oxygens (including phenoxy) is 2. The summed E-state index contributed by atoms with van der Waals surface area (Å²) in [4.78, 5) is 26.0. The number of fused-ring (bicyclic) bond motifs is 1. The molecule has 2 heterocycles. The van der Waals surface area contributed by atoms with Gasteiger partial charge in [0.2, 0.25) is 18.6 Å². The van der Waals surface area contributed by atoms with Gasteiger partial charge in [-0.2, -0.15) is 0 Å². The van der Waals surface area contributed by atoms with E-state index < -0.39 is 12.1 Å². The summed E-state index contributed by atoms with van der Waals surface area (Å²) in [7, 11) is 0. The van der Waals surface area contributed by atoms with Gasteiger partial charge in [-0.15, -0.1) is 0 Å². The molecule has 0 saturated carbocycles. The van der Waals surface area contributed by atoms with Crippen molar-refractivity contribution in [3.63, 3.8) is 0 Å². The van der Waals surface area contributed by atoms with Crippen LogP contribution in [0.4, 0.5) is 5.69 Å². The van der Waals surface area contributed by atoms with Crippen LogP contribution in [0, 0.1) is 0 Å². The summed E-state index contributed by atoms with van der Waals surface area (Å²) in [6.45, 7) is 3.75. The number of hydrogen-bond donors (Lipinski definition) is 1. The molecule has 1 N–H and O–H groups in total. The Bertz CT molecular complexity index is 572. The van der Waals surface area contributed by atoms with E-state index in [1.165, 1.54) is 0 Å². The highest BCUT2D eigenvalue weighted by atomic mass is 16.7. The fraction of sp³-hybridized carbons (Fsp3) is 0.429. The molecule has 2 atom stereocenters. The molecule has 0 aliphatic carbocycles. The molecule has 1 saturated heterocycles. The lowest BCUT2D eigenvalue weighted by Gasteiger charge is -2.37. The summed E-state index contributed by atoms with van der Waals surface area (Å²) < 4.78 is 10.6. The first-order valence-electron chi connectivity index (χ1n) is 6.65. The number of nitrogens with zero attached hydrogens (tertiary/aromatic N) is 1. The number of rotatable bonds is 2. The van der Waals surface area contributed by atoms with E-state index in [2.05, 4.69) is 5.32 Å². The summed E-state index contributed by atoms with van der Waals surface area (Å²) in [6, 6.07) is 4.28. The fourth-order valence-electron chi connectivity index (χ4n) is 2.56. The maximum Gasteiger partial charge on any atom is 0.250 e. The highest BCUT2D eigenvalue weighted by molar-refractivity contribution is 6.08. The average Bonchev–Trinajstić information content (AvgIpc) is 2.89. The largest absolute Gasteiger partial charge is 0.454 e. The van der Waals surface area contributed by atoms with E-state index in [4.69, 9.17) is 9.47 Å². The van der Waals surface area contributed by atoms with Crippen LogP contribution in [-0.2, 0) is 9.59 Å². The second-order valence-corrected chi connectivity index (χ2v) is 4.90. The Balaban J connectivity index is 2.00. The van der Waals surface area contributed by atoms with Crippen LogP contribution in [-0.4, -0.2) is 30.7 Å². The number of piperazine rings is 1. The van der Waals surface area contributed by atoms with Gasteiger partial charge in [-0.3, -0.25) is 14.5 Å². The van der Waals surface area contributed by atoms with Crippen LogP contribution in [0.2, 0.25) is 0 Å². The highest BCUT2D eigenvalue weighted by Crippen LogP contribution is 2.36. The lowest BCUT2D eigenvalue weighted by Crippen LogP contribution is -2.62. The van der Waals surface area contributed by atoms with Gasteiger partial charge in [-0.05, 0) is 25.5 Å². The predicted molar refractivity (Wildman–Crippen MR) is 71.7 cm³/mol. The first-order chi connectivity index (χ1) is 9.61. The third-order valence-corrected chi connectivity index (χ3v) is 3.60. The number of anilines is 1. The number of benzene rings is 1. The smallest absolute Gasteiger partial charge is 0.250 e. The standard InChI is InChI=1S/C14H16N2O4/c1-3-10-13(17)15-8(2)14(18)16(10)9-4-5-11-12(6-9)20-7-19-11/h4-6,8,10H,3,7H2,1-2H3,(H,15,17). The number of hydrogen-bond acceptors (Lipinski definition) is 4. The van der Waals surface area contributed by atoms with Crippen LogP contribution >= 0.6 is 0 Å². The maximum absolute atomic E-state index is 12.4. The summed E-state index contributed by atoms with van der Waals surface area (Å²) in [5.74, 6) is 1.01. The first kappa shape index (κ1) is 12.8. The summed E-state index contributed by atoms with van der Waals surface area (Å²) in [5.41, 5.74) is 0.660. The van der Waals surface area contributed by atoms with Crippen LogP contribution in [0.3, 0.4) is 0 Å². The number of amides is 2. The molecule has 0 spiro atoms.